The number of aromatic nitrogens is 4. The largest absolute Gasteiger partial charge is 0.369 e. The zero-order chi connectivity index (χ0) is 18.1. The van der Waals surface area contributed by atoms with Crippen LogP contribution in [-0.2, 0) is 11.3 Å². The van der Waals surface area contributed by atoms with Gasteiger partial charge in [0.15, 0.2) is 0 Å². The summed E-state index contributed by atoms with van der Waals surface area (Å²) in [7, 11) is 0. The van der Waals surface area contributed by atoms with Crippen molar-refractivity contribution < 1.29 is 4.79 Å². The van der Waals surface area contributed by atoms with E-state index in [-0.39, 0.29) is 5.91 Å². The van der Waals surface area contributed by atoms with Crippen LogP contribution in [0.1, 0.15) is 18.9 Å². The Labute approximate surface area is 151 Å². The highest BCUT2D eigenvalue weighted by molar-refractivity contribution is 5.77. The fourth-order valence-corrected chi connectivity index (χ4v) is 3.48. The summed E-state index contributed by atoms with van der Waals surface area (Å²) < 4.78 is 4.01. The van der Waals surface area contributed by atoms with Gasteiger partial charge < -0.3 is 10.3 Å². The Morgan fingerprint density at radius 1 is 1.31 bits per heavy atom. The summed E-state index contributed by atoms with van der Waals surface area (Å²) in [6.45, 7) is 4.81. The Hall–Kier alpha value is -2.93. The van der Waals surface area contributed by atoms with Crippen LogP contribution in [0, 0.1) is 0 Å². The lowest BCUT2D eigenvalue weighted by Crippen LogP contribution is -2.36. The molecule has 0 atom stereocenters. The van der Waals surface area contributed by atoms with Crippen LogP contribution in [0.5, 0.6) is 0 Å². The highest BCUT2D eigenvalue weighted by Crippen LogP contribution is 2.24. The molecule has 3 heterocycles. The highest BCUT2D eigenvalue weighted by Gasteiger charge is 2.17. The number of nitrogens with zero attached hydrogens (tertiary/aromatic N) is 5. The van der Waals surface area contributed by atoms with Gasteiger partial charge in [-0.2, -0.15) is 5.10 Å². The van der Waals surface area contributed by atoms with Gasteiger partial charge in [0.1, 0.15) is 0 Å². The number of hydrogen-bond donors (Lipinski definition) is 1. The molecule has 134 valence electrons. The van der Waals surface area contributed by atoms with Gasteiger partial charge in [-0.05, 0) is 31.1 Å². The van der Waals surface area contributed by atoms with E-state index in [4.69, 9.17) is 10.7 Å². The summed E-state index contributed by atoms with van der Waals surface area (Å²) in [5.41, 5.74) is 9.70. The number of hydrogen-bond acceptors (Lipinski definition) is 4. The van der Waals surface area contributed by atoms with Crippen molar-refractivity contribution in [2.24, 2.45) is 5.73 Å². The summed E-state index contributed by atoms with van der Waals surface area (Å²) >= 11 is 0. The third-order valence-corrected chi connectivity index (χ3v) is 4.78. The molecule has 0 unspecified atom stereocenters. The van der Waals surface area contributed by atoms with Gasteiger partial charge in [0, 0.05) is 31.4 Å². The summed E-state index contributed by atoms with van der Waals surface area (Å²) in [4.78, 5) is 17.8. The summed E-state index contributed by atoms with van der Waals surface area (Å²) in [5, 5.41) is 4.54. The average Bonchev–Trinajstić information content (AvgIpc) is 3.26. The molecule has 1 aliphatic heterocycles. The first kappa shape index (κ1) is 16.5. The van der Waals surface area contributed by atoms with Crippen molar-refractivity contribution in [3.05, 3.63) is 48.3 Å². The first-order valence-electron chi connectivity index (χ1n) is 8.86. The maximum absolute atomic E-state index is 11.1. The minimum absolute atomic E-state index is 0.284. The van der Waals surface area contributed by atoms with E-state index in [0.717, 1.165) is 48.6 Å². The molecule has 4 rings (SSSR count). The van der Waals surface area contributed by atoms with Crippen molar-refractivity contribution >= 4 is 22.5 Å². The molecule has 2 N–H and O–H groups in total. The number of aryl methyl sites for hydroxylation is 1. The first-order chi connectivity index (χ1) is 12.7. The Bertz CT molecular complexity index is 983. The van der Waals surface area contributed by atoms with E-state index in [1.165, 1.54) is 5.57 Å². The number of fused-ring (bicyclic) bond motifs is 1. The molecular weight excluding hydrogens is 328 g/mol. The molecule has 0 fully saturated rings. The van der Waals surface area contributed by atoms with Crippen LogP contribution in [0.4, 0.5) is 0 Å². The summed E-state index contributed by atoms with van der Waals surface area (Å²) in [5.74, 6) is 0.542. The van der Waals surface area contributed by atoms with Crippen molar-refractivity contribution in [2.75, 3.05) is 19.6 Å². The van der Waals surface area contributed by atoms with Gasteiger partial charge >= 0.3 is 0 Å². The lowest BCUT2D eigenvalue weighted by molar-refractivity contribution is -0.119. The smallest absolute Gasteiger partial charge is 0.231 e. The second kappa shape index (κ2) is 6.76. The second-order valence-electron chi connectivity index (χ2n) is 6.50. The van der Waals surface area contributed by atoms with Crippen LogP contribution < -0.4 is 5.73 Å². The van der Waals surface area contributed by atoms with E-state index in [0.29, 0.717) is 6.54 Å². The predicted octanol–water partition coefficient (Wildman–Crippen LogP) is 1.82. The Morgan fingerprint density at radius 3 is 2.88 bits per heavy atom. The summed E-state index contributed by atoms with van der Waals surface area (Å²) in [6, 6.07) is 8.13. The molecule has 0 saturated heterocycles. The number of primary amides is 1. The highest BCUT2D eigenvalue weighted by atomic mass is 16.1. The number of carbonyl (C=O) groups is 1. The molecule has 26 heavy (non-hydrogen) atoms. The third kappa shape index (κ3) is 3.01. The fourth-order valence-electron chi connectivity index (χ4n) is 3.48. The number of imidazole rings is 1. The van der Waals surface area contributed by atoms with E-state index in [1.807, 2.05) is 40.2 Å². The van der Waals surface area contributed by atoms with Gasteiger partial charge in [-0.25, -0.2) is 9.67 Å². The monoisotopic (exact) mass is 350 g/mol. The number of benzene rings is 1. The molecule has 0 aliphatic carbocycles. The van der Waals surface area contributed by atoms with Crippen molar-refractivity contribution in [1.82, 2.24) is 24.2 Å². The standard InChI is InChI=1S/C19H22N6O/c1-2-24-17-6-4-3-5-16(17)22-19(24)25-12-15(11-21-25)14-7-9-23(10-8-14)13-18(20)26/h3-7,11-12H,2,8-10,13H2,1H3,(H2,20,26). The van der Waals surface area contributed by atoms with Crippen molar-refractivity contribution in [3.8, 4) is 5.95 Å². The van der Waals surface area contributed by atoms with Crippen molar-refractivity contribution in [2.45, 2.75) is 19.9 Å². The van der Waals surface area contributed by atoms with E-state index < -0.39 is 0 Å². The Morgan fingerprint density at radius 2 is 2.15 bits per heavy atom. The van der Waals surface area contributed by atoms with Crippen LogP contribution in [-0.4, -0.2) is 49.8 Å². The van der Waals surface area contributed by atoms with Gasteiger partial charge in [-0.3, -0.25) is 9.69 Å². The molecule has 3 aromatic rings. The maximum Gasteiger partial charge on any atom is 0.231 e. The zero-order valence-corrected chi connectivity index (χ0v) is 14.8. The van der Waals surface area contributed by atoms with Gasteiger partial charge in [-0.15, -0.1) is 0 Å². The van der Waals surface area contributed by atoms with Crippen LogP contribution in [0.3, 0.4) is 0 Å². The number of nitrogens with two attached hydrogens (primary N) is 1. The van der Waals surface area contributed by atoms with Crippen LogP contribution in [0.2, 0.25) is 0 Å². The van der Waals surface area contributed by atoms with Crippen LogP contribution in [0.25, 0.3) is 22.6 Å². The molecule has 7 nitrogen and oxygen atoms in total. The Balaban J connectivity index is 1.61. The molecule has 0 spiro atoms. The van der Waals surface area contributed by atoms with E-state index in [1.54, 1.807) is 0 Å². The molecule has 1 amide bonds. The average molecular weight is 350 g/mol. The van der Waals surface area contributed by atoms with Crippen LogP contribution >= 0.6 is 0 Å². The SMILES string of the molecule is CCn1c(-n2cc(C3=CCN(CC(N)=O)CC3)cn2)nc2ccccc21. The van der Waals surface area contributed by atoms with E-state index in [2.05, 4.69) is 28.7 Å². The lowest BCUT2D eigenvalue weighted by Gasteiger charge is -2.24. The second-order valence-corrected chi connectivity index (χ2v) is 6.50. The van der Waals surface area contributed by atoms with Crippen molar-refractivity contribution in [3.63, 3.8) is 0 Å². The normalized spacial score (nSPS) is 15.3. The molecule has 0 radical (unpaired) electrons. The minimum Gasteiger partial charge on any atom is -0.369 e. The zero-order valence-electron chi connectivity index (χ0n) is 14.8. The molecule has 1 aliphatic rings. The van der Waals surface area contributed by atoms with Crippen LogP contribution in [0.15, 0.2) is 42.7 Å². The topological polar surface area (TPSA) is 82.0 Å². The van der Waals surface area contributed by atoms with Gasteiger partial charge in [0.2, 0.25) is 11.9 Å². The molecule has 2 aromatic heterocycles. The van der Waals surface area contributed by atoms with Gasteiger partial charge in [-0.1, -0.05) is 18.2 Å². The van der Waals surface area contributed by atoms with E-state index >= 15 is 0 Å². The minimum atomic E-state index is -0.284. The number of para-hydroxylation sites is 2. The fraction of sp³-hybridized carbons (Fsp3) is 0.316. The molecule has 1 aromatic carbocycles. The molecule has 0 saturated carbocycles. The molecular formula is C19H22N6O. The Kier molecular flexibility index (Phi) is 4.30. The van der Waals surface area contributed by atoms with Crippen molar-refractivity contribution in [1.29, 1.82) is 0 Å². The third-order valence-electron chi connectivity index (χ3n) is 4.78. The number of amides is 1. The molecule has 7 heteroatoms. The molecule has 0 bridgehead atoms. The summed E-state index contributed by atoms with van der Waals surface area (Å²) in [6.07, 6.45) is 6.94. The van der Waals surface area contributed by atoms with Gasteiger partial charge in [0.05, 0.1) is 23.8 Å². The first-order valence-corrected chi connectivity index (χ1v) is 8.86. The number of rotatable bonds is 5. The predicted molar refractivity (Wildman–Crippen MR) is 101 cm³/mol. The lowest BCUT2D eigenvalue weighted by atomic mass is 10.0. The maximum atomic E-state index is 11.1. The van der Waals surface area contributed by atoms with Gasteiger partial charge in [0.25, 0.3) is 0 Å². The quantitative estimate of drug-likeness (QED) is 0.761. The number of carbonyl (C=O) groups excluding carboxylic acids is 1. The van der Waals surface area contributed by atoms with E-state index in [9.17, 15) is 4.79 Å².